The molecule has 2 heterocycles. The lowest BCUT2D eigenvalue weighted by atomic mass is 10.2. The Morgan fingerprint density at radius 1 is 1.14 bits per heavy atom. The van der Waals surface area contributed by atoms with Crippen LogP contribution in [0.15, 0.2) is 69.3 Å². The van der Waals surface area contributed by atoms with E-state index in [4.69, 9.17) is 11.6 Å². The number of rotatable bonds is 5. The van der Waals surface area contributed by atoms with Crippen LogP contribution in [-0.4, -0.2) is 25.3 Å². The molecular weight excluding hydrogens is 392 g/mol. The average molecular weight is 409 g/mol. The molecule has 0 saturated carbocycles. The number of nitrogens with zero attached hydrogens (tertiary/aromatic N) is 4. The van der Waals surface area contributed by atoms with Gasteiger partial charge >= 0.3 is 5.69 Å². The molecule has 8 nitrogen and oxygen atoms in total. The van der Waals surface area contributed by atoms with E-state index in [-0.39, 0.29) is 11.2 Å². The summed E-state index contributed by atoms with van der Waals surface area (Å²) in [5, 5.41) is 4.77. The van der Waals surface area contributed by atoms with E-state index in [1.54, 1.807) is 23.9 Å². The third-order valence-corrected chi connectivity index (χ3v) is 4.81. The zero-order valence-electron chi connectivity index (χ0n) is 15.5. The lowest BCUT2D eigenvalue weighted by molar-refractivity contribution is 0.808. The quantitative estimate of drug-likeness (QED) is 0.392. The number of hydrogen-bond acceptors (Lipinski definition) is 5. The van der Waals surface area contributed by atoms with Gasteiger partial charge in [-0.15, -0.1) is 0 Å². The lowest BCUT2D eigenvalue weighted by Gasteiger charge is -2.08. The van der Waals surface area contributed by atoms with Crippen molar-refractivity contribution in [3.8, 4) is 0 Å². The van der Waals surface area contributed by atoms with E-state index >= 15 is 0 Å². The molecule has 2 aromatic carbocycles. The average Bonchev–Trinajstić information content (AvgIpc) is 3.07. The van der Waals surface area contributed by atoms with Gasteiger partial charge in [0, 0.05) is 17.6 Å². The van der Waals surface area contributed by atoms with Crippen LogP contribution in [0.2, 0.25) is 5.02 Å². The molecule has 0 aliphatic rings. The van der Waals surface area contributed by atoms with Gasteiger partial charge in [0.1, 0.15) is 0 Å². The van der Waals surface area contributed by atoms with Crippen LogP contribution in [0.3, 0.4) is 0 Å². The molecule has 0 aliphatic carbocycles. The Kier molecular flexibility index (Phi) is 5.01. The summed E-state index contributed by atoms with van der Waals surface area (Å²) in [6.07, 6.45) is 1.57. The number of aromatic amines is 1. The zero-order valence-corrected chi connectivity index (χ0v) is 16.2. The molecule has 29 heavy (non-hydrogen) atoms. The molecule has 4 aromatic rings. The molecule has 2 N–H and O–H groups in total. The standard InChI is InChI=1S/C20H17ClN6O2/c1-26-17-16(18(28)24-20(26)29)27(12-13-7-3-2-4-8-13)19(23-17)25-22-11-14-9-5-6-10-15(14)21/h2-11H,12H2,1H3,(H,23,25)(H,24,28,29). The summed E-state index contributed by atoms with van der Waals surface area (Å²) in [6, 6.07) is 16.9. The monoisotopic (exact) mass is 408 g/mol. The number of aryl methyl sites for hydroxylation is 1. The number of hydrogen-bond donors (Lipinski definition) is 2. The number of halogens is 1. The Bertz CT molecular complexity index is 1320. The van der Waals surface area contributed by atoms with Crippen LogP contribution in [0.1, 0.15) is 11.1 Å². The van der Waals surface area contributed by atoms with Gasteiger partial charge in [0.2, 0.25) is 5.95 Å². The van der Waals surface area contributed by atoms with Gasteiger partial charge in [0.05, 0.1) is 12.8 Å². The van der Waals surface area contributed by atoms with E-state index in [9.17, 15) is 9.59 Å². The molecule has 146 valence electrons. The molecule has 0 unspecified atom stereocenters. The SMILES string of the molecule is Cn1c(=O)[nH]c(=O)c2c1nc(NN=Cc1ccccc1Cl)n2Cc1ccccc1. The highest BCUT2D eigenvalue weighted by molar-refractivity contribution is 6.33. The molecular formula is C20H17ClN6O2. The summed E-state index contributed by atoms with van der Waals surface area (Å²) in [5.74, 6) is 0.332. The van der Waals surface area contributed by atoms with Crippen molar-refractivity contribution in [2.75, 3.05) is 5.43 Å². The second kappa shape index (κ2) is 7.76. The first-order valence-electron chi connectivity index (χ1n) is 8.81. The van der Waals surface area contributed by atoms with Crippen molar-refractivity contribution >= 4 is 34.9 Å². The fourth-order valence-corrected chi connectivity index (χ4v) is 3.16. The minimum atomic E-state index is -0.530. The van der Waals surface area contributed by atoms with Gasteiger partial charge in [-0.25, -0.2) is 10.2 Å². The van der Waals surface area contributed by atoms with Crippen LogP contribution >= 0.6 is 11.6 Å². The van der Waals surface area contributed by atoms with Crippen molar-refractivity contribution < 1.29 is 0 Å². The summed E-state index contributed by atoms with van der Waals surface area (Å²) >= 11 is 6.14. The molecule has 0 amide bonds. The summed E-state index contributed by atoms with van der Waals surface area (Å²) in [5.41, 5.74) is 4.09. The van der Waals surface area contributed by atoms with E-state index in [0.29, 0.717) is 17.5 Å². The van der Waals surface area contributed by atoms with E-state index < -0.39 is 11.2 Å². The van der Waals surface area contributed by atoms with Crippen LogP contribution in [-0.2, 0) is 13.6 Å². The van der Waals surface area contributed by atoms with E-state index in [2.05, 4.69) is 20.5 Å². The van der Waals surface area contributed by atoms with E-state index in [0.717, 1.165) is 11.1 Å². The van der Waals surface area contributed by atoms with Gasteiger partial charge in [-0.05, 0) is 11.6 Å². The second-order valence-corrected chi connectivity index (χ2v) is 6.80. The smallest absolute Gasteiger partial charge is 0.298 e. The predicted octanol–water partition coefficient (Wildman–Crippen LogP) is 2.57. The topological polar surface area (TPSA) is 97.1 Å². The molecule has 0 atom stereocenters. The zero-order chi connectivity index (χ0) is 20.4. The second-order valence-electron chi connectivity index (χ2n) is 6.39. The normalized spacial score (nSPS) is 11.4. The van der Waals surface area contributed by atoms with Crippen molar-refractivity contribution in [3.05, 3.63) is 91.6 Å². The Balaban J connectivity index is 1.80. The Morgan fingerprint density at radius 3 is 2.62 bits per heavy atom. The number of nitrogens with one attached hydrogen (secondary N) is 2. The predicted molar refractivity (Wildman–Crippen MR) is 114 cm³/mol. The van der Waals surface area contributed by atoms with Gasteiger partial charge in [-0.1, -0.05) is 60.1 Å². The first-order valence-corrected chi connectivity index (χ1v) is 9.19. The summed E-state index contributed by atoms with van der Waals surface area (Å²) in [7, 11) is 1.55. The van der Waals surface area contributed by atoms with Crippen molar-refractivity contribution in [3.63, 3.8) is 0 Å². The first-order chi connectivity index (χ1) is 14.0. The van der Waals surface area contributed by atoms with E-state index in [1.807, 2.05) is 48.5 Å². The number of H-pyrrole nitrogens is 1. The molecule has 0 radical (unpaired) electrons. The van der Waals surface area contributed by atoms with Crippen molar-refractivity contribution in [1.29, 1.82) is 0 Å². The maximum atomic E-state index is 12.5. The molecule has 0 fully saturated rings. The highest BCUT2D eigenvalue weighted by Crippen LogP contribution is 2.18. The van der Waals surface area contributed by atoms with E-state index in [1.165, 1.54) is 4.57 Å². The molecule has 0 saturated heterocycles. The number of hydrazone groups is 1. The number of imidazole rings is 1. The van der Waals surface area contributed by atoms with Crippen LogP contribution in [0.25, 0.3) is 11.2 Å². The van der Waals surface area contributed by atoms with Gasteiger partial charge in [0.25, 0.3) is 5.56 Å². The molecule has 0 bridgehead atoms. The minimum absolute atomic E-state index is 0.269. The molecule has 0 aliphatic heterocycles. The van der Waals surface area contributed by atoms with Crippen LogP contribution in [0, 0.1) is 0 Å². The summed E-state index contributed by atoms with van der Waals surface area (Å²) < 4.78 is 2.98. The minimum Gasteiger partial charge on any atom is -0.298 e. The highest BCUT2D eigenvalue weighted by atomic mass is 35.5. The Morgan fingerprint density at radius 2 is 1.86 bits per heavy atom. The molecule has 9 heteroatoms. The third-order valence-electron chi connectivity index (χ3n) is 4.46. The van der Waals surface area contributed by atoms with Crippen LogP contribution in [0.5, 0.6) is 0 Å². The van der Waals surface area contributed by atoms with Gasteiger partial charge in [-0.3, -0.25) is 18.9 Å². The summed E-state index contributed by atoms with van der Waals surface area (Å²) in [4.78, 5) is 31.2. The number of aromatic nitrogens is 4. The van der Waals surface area contributed by atoms with Gasteiger partial charge in [-0.2, -0.15) is 10.1 Å². The fourth-order valence-electron chi connectivity index (χ4n) is 2.98. The molecule has 4 rings (SSSR count). The Hall–Kier alpha value is -3.65. The van der Waals surface area contributed by atoms with Crippen molar-refractivity contribution in [2.24, 2.45) is 12.1 Å². The molecule has 0 spiro atoms. The lowest BCUT2D eigenvalue weighted by Crippen LogP contribution is -2.29. The van der Waals surface area contributed by atoms with Crippen molar-refractivity contribution in [1.82, 2.24) is 19.1 Å². The van der Waals surface area contributed by atoms with Gasteiger partial charge < -0.3 is 0 Å². The van der Waals surface area contributed by atoms with Crippen LogP contribution < -0.4 is 16.7 Å². The third kappa shape index (κ3) is 3.70. The number of fused-ring (bicyclic) bond motifs is 1. The number of benzene rings is 2. The first kappa shape index (κ1) is 18.7. The maximum absolute atomic E-state index is 12.5. The highest BCUT2D eigenvalue weighted by Gasteiger charge is 2.17. The van der Waals surface area contributed by atoms with Crippen LogP contribution in [0.4, 0.5) is 5.95 Å². The van der Waals surface area contributed by atoms with Gasteiger partial charge in [0.15, 0.2) is 11.2 Å². The fraction of sp³-hybridized carbons (Fsp3) is 0.100. The molecule has 2 aromatic heterocycles. The Labute approximate surface area is 170 Å². The maximum Gasteiger partial charge on any atom is 0.329 e. The van der Waals surface area contributed by atoms with Crippen molar-refractivity contribution in [2.45, 2.75) is 6.54 Å². The largest absolute Gasteiger partial charge is 0.329 e. The summed E-state index contributed by atoms with van der Waals surface area (Å²) in [6.45, 7) is 0.378. The number of anilines is 1.